The second kappa shape index (κ2) is 11.9. The number of fused-ring (bicyclic) bond motifs is 2. The molecular formula is C40H55N3O4. The molecule has 2 aromatic carbocycles. The fourth-order valence-corrected chi connectivity index (χ4v) is 11.8. The molecular weight excluding hydrogens is 586 g/mol. The van der Waals surface area contributed by atoms with E-state index in [4.69, 9.17) is 9.47 Å². The Morgan fingerprint density at radius 3 is 2.30 bits per heavy atom. The van der Waals surface area contributed by atoms with Crippen LogP contribution >= 0.6 is 0 Å². The number of ether oxygens (including phenoxy) is 2. The minimum absolute atomic E-state index is 0.0154. The highest BCUT2D eigenvalue weighted by Crippen LogP contribution is 2.56. The van der Waals surface area contributed by atoms with Crippen LogP contribution in [-0.4, -0.2) is 46.8 Å². The average molecular weight is 642 g/mol. The summed E-state index contributed by atoms with van der Waals surface area (Å²) in [6.07, 6.45) is 10.5. The molecule has 2 aromatic rings. The van der Waals surface area contributed by atoms with Gasteiger partial charge in [0.25, 0.3) is 0 Å². The summed E-state index contributed by atoms with van der Waals surface area (Å²) in [4.78, 5) is 16.1. The zero-order valence-corrected chi connectivity index (χ0v) is 28.8. The lowest BCUT2D eigenvalue weighted by Gasteiger charge is -2.56. The fourth-order valence-electron chi connectivity index (χ4n) is 11.8. The van der Waals surface area contributed by atoms with Gasteiger partial charge < -0.3 is 25.2 Å². The van der Waals surface area contributed by atoms with Gasteiger partial charge in [-0.05, 0) is 110 Å². The number of hydrogen-bond acceptors (Lipinski definition) is 5. The SMILES string of the molecule is C[C@H]1[C@@H](CN2CC3(C)CC2CC(C)(C)C3)O[C@@H](c2cccc(NC(=O)NC34CC5CC(CC(C5)C3)C4)c2)O[C@H]1c1ccc(CO)cc1. The number of hydrogen-bond donors (Lipinski definition) is 3. The molecule has 7 nitrogen and oxygen atoms in total. The zero-order chi connectivity index (χ0) is 32.6. The maximum absolute atomic E-state index is 13.4. The third kappa shape index (κ3) is 6.38. The summed E-state index contributed by atoms with van der Waals surface area (Å²) in [5, 5.41) is 16.3. The molecule has 7 heteroatoms. The summed E-state index contributed by atoms with van der Waals surface area (Å²) in [6.45, 7) is 11.6. The van der Waals surface area contributed by atoms with E-state index in [0.717, 1.165) is 72.5 Å². The van der Waals surface area contributed by atoms with Crippen LogP contribution in [0.4, 0.5) is 10.5 Å². The first-order valence-electron chi connectivity index (χ1n) is 18.4. The molecule has 47 heavy (non-hydrogen) atoms. The van der Waals surface area contributed by atoms with Crippen molar-refractivity contribution in [2.45, 2.75) is 122 Å². The van der Waals surface area contributed by atoms with Gasteiger partial charge in [0.05, 0.1) is 18.8 Å². The van der Waals surface area contributed by atoms with Crippen molar-refractivity contribution in [2.75, 3.05) is 18.4 Å². The molecule has 5 aliphatic carbocycles. The van der Waals surface area contributed by atoms with Crippen molar-refractivity contribution in [1.29, 1.82) is 0 Å². The largest absolute Gasteiger partial charge is 0.392 e. The first kappa shape index (κ1) is 31.8. The first-order valence-corrected chi connectivity index (χ1v) is 18.4. The topological polar surface area (TPSA) is 83.1 Å². The second-order valence-corrected chi connectivity index (χ2v) is 17.9. The Balaban J connectivity index is 1.01. The predicted molar refractivity (Wildman–Crippen MR) is 184 cm³/mol. The highest BCUT2D eigenvalue weighted by molar-refractivity contribution is 5.90. The summed E-state index contributed by atoms with van der Waals surface area (Å²) >= 11 is 0. The highest BCUT2D eigenvalue weighted by Gasteiger charge is 2.52. The Morgan fingerprint density at radius 2 is 1.62 bits per heavy atom. The number of urea groups is 1. The van der Waals surface area contributed by atoms with Crippen molar-refractivity contribution in [3.05, 3.63) is 65.2 Å². The van der Waals surface area contributed by atoms with Crippen LogP contribution in [0.2, 0.25) is 0 Å². The number of anilines is 1. The lowest BCUT2D eigenvalue weighted by atomic mass is 9.53. The van der Waals surface area contributed by atoms with Crippen LogP contribution in [0.5, 0.6) is 0 Å². The normalized spacial score (nSPS) is 40.4. The number of amides is 2. The van der Waals surface area contributed by atoms with Gasteiger partial charge in [0.15, 0.2) is 6.29 Å². The van der Waals surface area contributed by atoms with Gasteiger partial charge in [-0.25, -0.2) is 4.79 Å². The Kier molecular flexibility index (Phi) is 8.02. The van der Waals surface area contributed by atoms with Crippen molar-refractivity contribution in [2.24, 2.45) is 34.5 Å². The van der Waals surface area contributed by atoms with Crippen LogP contribution in [0, 0.1) is 34.5 Å². The van der Waals surface area contributed by atoms with Gasteiger partial charge in [-0.15, -0.1) is 0 Å². The molecule has 0 aromatic heterocycles. The van der Waals surface area contributed by atoms with Crippen LogP contribution in [0.25, 0.3) is 0 Å². The molecule has 0 radical (unpaired) electrons. The second-order valence-electron chi connectivity index (χ2n) is 17.9. The molecule has 9 rings (SSSR count). The Bertz CT molecular complexity index is 1440. The number of nitrogens with zero attached hydrogens (tertiary/aromatic N) is 1. The molecule has 2 aliphatic heterocycles. The van der Waals surface area contributed by atoms with Crippen LogP contribution < -0.4 is 10.6 Å². The number of benzene rings is 2. The fraction of sp³-hybridized carbons (Fsp3) is 0.675. The van der Waals surface area contributed by atoms with Gasteiger partial charge in [-0.1, -0.05) is 64.1 Å². The smallest absolute Gasteiger partial charge is 0.319 e. The monoisotopic (exact) mass is 641 g/mol. The molecule has 3 N–H and O–H groups in total. The highest BCUT2D eigenvalue weighted by atomic mass is 16.7. The molecule has 7 fully saturated rings. The molecule has 2 saturated heterocycles. The van der Waals surface area contributed by atoms with Gasteiger partial charge >= 0.3 is 6.03 Å². The van der Waals surface area contributed by atoms with Gasteiger partial charge in [-0.3, -0.25) is 4.90 Å². The third-order valence-corrected chi connectivity index (χ3v) is 12.9. The van der Waals surface area contributed by atoms with Gasteiger partial charge in [0, 0.05) is 41.8 Å². The van der Waals surface area contributed by atoms with E-state index in [1.54, 1.807) is 0 Å². The number of nitrogens with one attached hydrogen (secondary N) is 2. The maximum Gasteiger partial charge on any atom is 0.319 e. The van der Waals surface area contributed by atoms with E-state index in [0.29, 0.717) is 16.9 Å². The van der Waals surface area contributed by atoms with Crippen molar-refractivity contribution in [3.8, 4) is 0 Å². The van der Waals surface area contributed by atoms with E-state index >= 15 is 0 Å². The summed E-state index contributed by atoms with van der Waals surface area (Å²) in [5.41, 5.74) is 4.37. The Labute approximate surface area is 281 Å². The van der Waals surface area contributed by atoms with Crippen LogP contribution in [-0.2, 0) is 16.1 Å². The van der Waals surface area contributed by atoms with Crippen molar-refractivity contribution in [3.63, 3.8) is 0 Å². The number of carbonyl (C=O) groups excluding carboxylic acids is 1. The van der Waals surface area contributed by atoms with Crippen molar-refractivity contribution >= 4 is 11.7 Å². The third-order valence-electron chi connectivity index (χ3n) is 12.9. The molecule has 254 valence electrons. The van der Waals surface area contributed by atoms with E-state index < -0.39 is 6.29 Å². The average Bonchev–Trinajstić information content (AvgIpc) is 3.24. The zero-order valence-electron chi connectivity index (χ0n) is 28.8. The van der Waals surface area contributed by atoms with E-state index in [1.165, 1.54) is 38.5 Å². The standard InChI is InChI=1S/C40H55N3O4/c1-25-34(21-43-24-39(4)20-33(43)19-38(2,3)23-39)46-36(47-35(25)30-10-8-26(22-44)9-11-30)31-6-5-7-32(15-31)41-37(45)42-40-16-27-12-28(17-40)14-29(13-27)18-40/h5-11,15,25,27-29,33-36,44H,12-14,16-24H2,1-4H3,(H2,41,42,45)/t25-,27?,28?,29?,33?,34+,35+,36+,39?,40?/m0/s1. The maximum atomic E-state index is 13.4. The molecule has 6 atom stereocenters. The first-order chi connectivity index (χ1) is 22.5. The van der Waals surface area contributed by atoms with Crippen LogP contribution in [0.1, 0.15) is 115 Å². The molecule has 6 bridgehead atoms. The van der Waals surface area contributed by atoms with Gasteiger partial charge in [0.1, 0.15) is 0 Å². The number of rotatable bonds is 7. The van der Waals surface area contributed by atoms with E-state index in [9.17, 15) is 9.90 Å². The van der Waals surface area contributed by atoms with E-state index in [-0.39, 0.29) is 36.3 Å². The lowest BCUT2D eigenvalue weighted by Crippen LogP contribution is -2.60. The lowest BCUT2D eigenvalue weighted by molar-refractivity contribution is -0.276. The molecule has 2 amide bonds. The van der Waals surface area contributed by atoms with Crippen LogP contribution in [0.15, 0.2) is 48.5 Å². The Hall–Kier alpha value is -2.45. The predicted octanol–water partition coefficient (Wildman–Crippen LogP) is 7.96. The summed E-state index contributed by atoms with van der Waals surface area (Å²) in [5.74, 6) is 2.48. The van der Waals surface area contributed by atoms with E-state index in [2.05, 4.69) is 61.4 Å². The molecule has 0 spiro atoms. The molecule has 7 aliphatic rings. The number of carbonyl (C=O) groups is 1. The molecule has 5 saturated carbocycles. The minimum Gasteiger partial charge on any atom is -0.392 e. The quantitative estimate of drug-likeness (QED) is 0.286. The van der Waals surface area contributed by atoms with Crippen molar-refractivity contribution in [1.82, 2.24) is 10.2 Å². The minimum atomic E-state index is -0.555. The summed E-state index contributed by atoms with van der Waals surface area (Å²) in [6, 6.07) is 16.7. The van der Waals surface area contributed by atoms with Crippen molar-refractivity contribution < 1.29 is 19.4 Å². The van der Waals surface area contributed by atoms with E-state index in [1.807, 2.05) is 30.3 Å². The summed E-state index contributed by atoms with van der Waals surface area (Å²) < 4.78 is 13.7. The molecule has 2 unspecified atom stereocenters. The van der Waals surface area contributed by atoms with Gasteiger partial charge in [-0.2, -0.15) is 0 Å². The Morgan fingerprint density at radius 1 is 0.915 bits per heavy atom. The number of aliphatic hydroxyl groups is 1. The number of aliphatic hydroxyl groups excluding tert-OH is 1. The van der Waals surface area contributed by atoms with Gasteiger partial charge in [0.2, 0.25) is 0 Å². The van der Waals surface area contributed by atoms with Crippen LogP contribution in [0.3, 0.4) is 0 Å². The number of likely N-dealkylation sites (tertiary alicyclic amines) is 1. The summed E-state index contributed by atoms with van der Waals surface area (Å²) in [7, 11) is 0. The molecule has 2 heterocycles.